The number of rotatable bonds is 5. The Bertz CT molecular complexity index is 1490. The fourth-order valence-corrected chi connectivity index (χ4v) is 7.99. The molecule has 2 fully saturated rings. The number of hydrogen-bond donors (Lipinski definition) is 0. The van der Waals surface area contributed by atoms with Gasteiger partial charge >= 0.3 is 0 Å². The third kappa shape index (κ3) is 4.83. The van der Waals surface area contributed by atoms with Gasteiger partial charge in [-0.1, -0.05) is 18.7 Å². The van der Waals surface area contributed by atoms with Crippen molar-refractivity contribution in [2.75, 3.05) is 75.2 Å². The van der Waals surface area contributed by atoms with E-state index in [-0.39, 0.29) is 17.9 Å². The molecule has 3 atom stereocenters. The number of ether oxygens (including phenoxy) is 1. The largest absolute Gasteiger partial charge is 0.474 e. The molecular formula is C34H45N7O3. The molecule has 234 valence electrons. The number of piperazine rings is 1. The molecule has 0 radical (unpaired) electrons. The molecule has 6 heterocycles. The minimum atomic E-state index is -0.456. The second-order valence-electron chi connectivity index (χ2n) is 13.3. The van der Waals surface area contributed by atoms with Crippen molar-refractivity contribution in [2.24, 2.45) is 0 Å². The molecule has 0 aliphatic carbocycles. The molecule has 44 heavy (non-hydrogen) atoms. The molecular weight excluding hydrogens is 554 g/mol. The van der Waals surface area contributed by atoms with E-state index >= 15 is 0 Å². The Kier molecular flexibility index (Phi) is 7.53. The van der Waals surface area contributed by atoms with Gasteiger partial charge < -0.3 is 34.1 Å². The SMILES string of the molecule is C=CC(=O)N1C[C@@H]2C(=O)N(C)c3c(OC[C@@H]4CCCN4C)nc4c(c3N2C[C@H]1C)CCN(c1cccc2c1CN(C)CC2)C4. The van der Waals surface area contributed by atoms with E-state index in [1.165, 1.54) is 28.5 Å². The lowest BCUT2D eigenvalue weighted by molar-refractivity contribution is -0.130. The molecule has 2 amide bonds. The van der Waals surface area contributed by atoms with Crippen molar-refractivity contribution in [2.45, 2.75) is 63.8 Å². The molecule has 10 heteroatoms. The zero-order valence-corrected chi connectivity index (χ0v) is 26.6. The number of fused-ring (bicyclic) bond motifs is 6. The van der Waals surface area contributed by atoms with Gasteiger partial charge in [0, 0.05) is 56.6 Å². The smallest absolute Gasteiger partial charge is 0.251 e. The fourth-order valence-electron chi connectivity index (χ4n) is 7.99. The number of likely N-dealkylation sites (N-methyl/N-ethyl adjacent to an activating group) is 3. The van der Waals surface area contributed by atoms with Crippen LogP contribution in [-0.2, 0) is 35.5 Å². The van der Waals surface area contributed by atoms with Gasteiger partial charge in [0.1, 0.15) is 18.3 Å². The van der Waals surface area contributed by atoms with Crippen molar-refractivity contribution in [1.29, 1.82) is 0 Å². The highest BCUT2D eigenvalue weighted by atomic mass is 16.5. The summed E-state index contributed by atoms with van der Waals surface area (Å²) >= 11 is 0. The molecule has 10 nitrogen and oxygen atoms in total. The second-order valence-corrected chi connectivity index (χ2v) is 13.3. The average Bonchev–Trinajstić information content (AvgIpc) is 3.45. The second kappa shape index (κ2) is 11.4. The van der Waals surface area contributed by atoms with Crippen LogP contribution < -0.4 is 19.4 Å². The highest BCUT2D eigenvalue weighted by Gasteiger charge is 2.47. The van der Waals surface area contributed by atoms with Gasteiger partial charge in [-0.2, -0.15) is 0 Å². The quantitative estimate of drug-likeness (QED) is 0.486. The first-order valence-electron chi connectivity index (χ1n) is 16.2. The van der Waals surface area contributed by atoms with Crippen LogP contribution in [0.1, 0.15) is 42.1 Å². The summed E-state index contributed by atoms with van der Waals surface area (Å²) in [5.41, 5.74) is 8.21. The number of likely N-dealkylation sites (tertiary alicyclic amines) is 1. The maximum atomic E-state index is 13.9. The Labute approximate surface area is 260 Å². The minimum Gasteiger partial charge on any atom is -0.474 e. The predicted molar refractivity (Wildman–Crippen MR) is 173 cm³/mol. The zero-order valence-electron chi connectivity index (χ0n) is 26.6. The number of carbonyl (C=O) groups excluding carboxylic acids is 2. The molecule has 0 N–H and O–H groups in total. The number of carbonyl (C=O) groups is 2. The van der Waals surface area contributed by atoms with Gasteiger partial charge in [0.2, 0.25) is 11.8 Å². The number of aromatic nitrogens is 1. The third-order valence-electron chi connectivity index (χ3n) is 10.6. The molecule has 2 saturated heterocycles. The van der Waals surface area contributed by atoms with E-state index in [1.807, 2.05) is 7.05 Å². The summed E-state index contributed by atoms with van der Waals surface area (Å²) in [6.07, 6.45) is 5.51. The number of nitrogens with zero attached hydrogens (tertiary/aromatic N) is 7. The van der Waals surface area contributed by atoms with Crippen LogP contribution >= 0.6 is 0 Å². The standard InChI is InChI=1S/C34H45N7O3/c1-6-30(42)40-20-29-34(43)38(5)32-31(41(29)17-22(40)2)25-13-16-39(28-11-7-9-23-12-15-36(3)18-26(23)28)19-27(25)35-33(32)44-21-24-10-8-14-37(24)4/h6-7,9,11,22,24,29H,1,8,10,12-21H2,2-5H3/t22-,24+,29-/m1/s1. The van der Waals surface area contributed by atoms with E-state index < -0.39 is 6.04 Å². The topological polar surface area (TPSA) is 75.7 Å². The first-order valence-corrected chi connectivity index (χ1v) is 16.2. The zero-order chi connectivity index (χ0) is 30.7. The molecule has 0 bridgehead atoms. The number of pyridine rings is 1. The van der Waals surface area contributed by atoms with Crippen molar-refractivity contribution in [3.05, 3.63) is 53.2 Å². The number of anilines is 3. The maximum Gasteiger partial charge on any atom is 0.251 e. The molecule has 0 spiro atoms. The first-order chi connectivity index (χ1) is 21.2. The lowest BCUT2D eigenvalue weighted by Crippen LogP contribution is -2.65. The van der Waals surface area contributed by atoms with Gasteiger partial charge in [0.15, 0.2) is 0 Å². The van der Waals surface area contributed by atoms with Crippen LogP contribution in [0.3, 0.4) is 0 Å². The highest BCUT2D eigenvalue weighted by Crippen LogP contribution is 2.48. The molecule has 5 aliphatic rings. The van der Waals surface area contributed by atoms with Crippen LogP contribution in [0.15, 0.2) is 30.9 Å². The van der Waals surface area contributed by atoms with Gasteiger partial charge in [0.25, 0.3) is 5.91 Å². The van der Waals surface area contributed by atoms with Crippen LogP contribution in [0.4, 0.5) is 17.1 Å². The average molecular weight is 600 g/mol. The fraction of sp³-hybridized carbons (Fsp3) is 0.559. The van der Waals surface area contributed by atoms with E-state index in [4.69, 9.17) is 9.72 Å². The van der Waals surface area contributed by atoms with E-state index in [9.17, 15) is 9.59 Å². The molecule has 0 unspecified atom stereocenters. The third-order valence-corrected chi connectivity index (χ3v) is 10.6. The highest BCUT2D eigenvalue weighted by molar-refractivity contribution is 6.08. The number of benzene rings is 1. The van der Waals surface area contributed by atoms with Gasteiger partial charge in [-0.05, 0) is 76.5 Å². The minimum absolute atomic E-state index is 0.0340. The molecule has 5 aliphatic heterocycles. The Hall–Kier alpha value is -3.63. The predicted octanol–water partition coefficient (Wildman–Crippen LogP) is 2.67. The van der Waals surface area contributed by atoms with Crippen LogP contribution in [0.2, 0.25) is 0 Å². The van der Waals surface area contributed by atoms with Crippen LogP contribution in [-0.4, -0.2) is 110 Å². The Morgan fingerprint density at radius 2 is 1.91 bits per heavy atom. The van der Waals surface area contributed by atoms with Crippen molar-refractivity contribution >= 4 is 28.9 Å². The monoisotopic (exact) mass is 599 g/mol. The molecule has 0 saturated carbocycles. The summed E-state index contributed by atoms with van der Waals surface area (Å²) in [6.45, 7) is 11.9. The molecule has 1 aromatic carbocycles. The molecule has 7 rings (SSSR count). The first kappa shape index (κ1) is 29.1. The Morgan fingerprint density at radius 1 is 1.07 bits per heavy atom. The van der Waals surface area contributed by atoms with Gasteiger partial charge in [0.05, 0.1) is 24.5 Å². The Balaban J connectivity index is 1.30. The van der Waals surface area contributed by atoms with Crippen LogP contribution in [0, 0.1) is 0 Å². The Morgan fingerprint density at radius 3 is 2.68 bits per heavy atom. The van der Waals surface area contributed by atoms with Crippen LogP contribution in [0.25, 0.3) is 0 Å². The van der Waals surface area contributed by atoms with Crippen molar-refractivity contribution in [3.8, 4) is 5.88 Å². The maximum absolute atomic E-state index is 13.9. The number of hydrogen-bond acceptors (Lipinski definition) is 8. The summed E-state index contributed by atoms with van der Waals surface area (Å²) in [4.78, 5) is 44.9. The van der Waals surface area contributed by atoms with Crippen molar-refractivity contribution in [1.82, 2.24) is 19.7 Å². The summed E-state index contributed by atoms with van der Waals surface area (Å²) in [7, 11) is 6.18. The van der Waals surface area contributed by atoms with Gasteiger partial charge in [-0.3, -0.25) is 9.59 Å². The summed E-state index contributed by atoms with van der Waals surface area (Å²) in [6, 6.07) is 6.54. The summed E-state index contributed by atoms with van der Waals surface area (Å²) < 4.78 is 6.60. The molecule has 2 aromatic rings. The van der Waals surface area contributed by atoms with E-state index in [0.29, 0.717) is 38.2 Å². The lowest BCUT2D eigenvalue weighted by Gasteiger charge is -2.51. The normalized spacial score (nSPS) is 25.4. The van der Waals surface area contributed by atoms with Crippen molar-refractivity contribution in [3.63, 3.8) is 0 Å². The van der Waals surface area contributed by atoms with Crippen molar-refractivity contribution < 1.29 is 14.3 Å². The summed E-state index contributed by atoms with van der Waals surface area (Å²) in [5.74, 6) is 0.378. The number of amides is 2. The van der Waals surface area contributed by atoms with Gasteiger partial charge in [-0.15, -0.1) is 0 Å². The van der Waals surface area contributed by atoms with Crippen LogP contribution in [0.5, 0.6) is 5.88 Å². The van der Waals surface area contributed by atoms with E-state index in [0.717, 1.165) is 68.9 Å². The van der Waals surface area contributed by atoms with E-state index in [1.54, 1.807) is 9.80 Å². The lowest BCUT2D eigenvalue weighted by atomic mass is 9.93. The van der Waals surface area contributed by atoms with E-state index in [2.05, 4.69) is 65.4 Å². The molecule has 1 aromatic heterocycles. The summed E-state index contributed by atoms with van der Waals surface area (Å²) in [5, 5.41) is 0. The van der Waals surface area contributed by atoms with Gasteiger partial charge in [-0.25, -0.2) is 4.98 Å².